The molecule has 1 fully saturated rings. The Balaban J connectivity index is 2.29. The van der Waals surface area contributed by atoms with Crippen LogP contribution < -0.4 is 15.4 Å². The first-order valence-corrected chi connectivity index (χ1v) is 9.58. The number of amides is 1. The summed E-state index contributed by atoms with van der Waals surface area (Å²) in [7, 11) is 0.697. The third-order valence-corrected chi connectivity index (χ3v) is 4.96. The first kappa shape index (κ1) is 20.3. The van der Waals surface area contributed by atoms with Crippen LogP contribution in [-0.2, 0) is 15.3 Å². The lowest BCUT2D eigenvalue weighted by Gasteiger charge is -2.38. The zero-order valence-corrected chi connectivity index (χ0v) is 16.3. The lowest BCUT2D eigenvalue weighted by molar-refractivity contribution is -0.121. The number of rotatable bonds is 5. The number of nitrogens with zero attached hydrogens (tertiary/aromatic N) is 2. The molecule has 1 saturated heterocycles. The zero-order valence-electron chi connectivity index (χ0n) is 14.6. The van der Waals surface area contributed by atoms with E-state index >= 15 is 0 Å². The predicted molar refractivity (Wildman–Crippen MR) is 101 cm³/mol. The van der Waals surface area contributed by atoms with Crippen molar-refractivity contribution in [2.45, 2.75) is 24.9 Å². The first-order chi connectivity index (χ1) is 12.4. The molecule has 8 nitrogen and oxygen atoms in total. The molecule has 2 atom stereocenters. The molecule has 2 rings (SSSR count). The van der Waals surface area contributed by atoms with Crippen LogP contribution >= 0.6 is 12.2 Å². The van der Waals surface area contributed by atoms with Crippen LogP contribution in [0.15, 0.2) is 28.6 Å². The number of likely N-dealkylation sites (tertiary alicyclic amines) is 1. The fourth-order valence-electron chi connectivity index (χ4n) is 3.09. The Bertz CT molecular complexity index is 772. The molecule has 2 N–H and O–H groups in total. The fourth-order valence-corrected chi connectivity index (χ4v) is 3.64. The average molecular weight is 399 g/mol. The van der Waals surface area contributed by atoms with Gasteiger partial charge in [0.2, 0.25) is 5.91 Å². The smallest absolute Gasteiger partial charge is 0.311 e. The lowest BCUT2D eigenvalue weighted by atomic mass is 9.91. The standard InChI is InChI=1S/C16H22N4O4S2/c1-17-16(25)18-14(21)10-20-9-3-4-13(19-26(22)23)15(20)11-5-7-12(24-2)8-6-11/h5-8,13,15H,3-4,9-10H2,1-2H3,(H2,17,18,21,25). The zero-order chi connectivity index (χ0) is 19.1. The molecule has 0 spiro atoms. The van der Waals surface area contributed by atoms with Gasteiger partial charge in [-0.1, -0.05) is 12.1 Å². The van der Waals surface area contributed by atoms with Gasteiger partial charge in [0, 0.05) is 7.05 Å². The fraction of sp³-hybridized carbons (Fsp3) is 0.500. The van der Waals surface area contributed by atoms with E-state index in [1.807, 2.05) is 29.2 Å². The molecular formula is C16H22N4O4S2. The summed E-state index contributed by atoms with van der Waals surface area (Å²) in [5, 5.41) is 5.53. The number of nitrogens with one attached hydrogen (secondary N) is 2. The van der Waals surface area contributed by atoms with Crippen molar-refractivity contribution in [1.29, 1.82) is 0 Å². The minimum absolute atomic E-state index is 0.0933. The van der Waals surface area contributed by atoms with Gasteiger partial charge < -0.3 is 15.4 Å². The Morgan fingerprint density at radius 2 is 2.08 bits per heavy atom. The van der Waals surface area contributed by atoms with Gasteiger partial charge in [0.15, 0.2) is 5.11 Å². The van der Waals surface area contributed by atoms with Crippen LogP contribution in [0, 0.1) is 0 Å². The number of hydrogen-bond donors (Lipinski definition) is 2. The van der Waals surface area contributed by atoms with E-state index in [4.69, 9.17) is 17.0 Å². The summed E-state index contributed by atoms with van der Waals surface area (Å²) in [5.41, 5.74) is 0.883. The number of methoxy groups -OCH3 is 1. The molecule has 1 aliphatic rings. The van der Waals surface area contributed by atoms with E-state index in [9.17, 15) is 13.2 Å². The highest BCUT2D eigenvalue weighted by molar-refractivity contribution is 7.80. The maximum atomic E-state index is 12.2. The number of thiocarbonyl (C=S) groups is 1. The topological polar surface area (TPSA) is 100 Å². The van der Waals surface area contributed by atoms with Crippen LogP contribution in [0.5, 0.6) is 5.75 Å². The Labute approximate surface area is 159 Å². The van der Waals surface area contributed by atoms with Crippen molar-refractivity contribution < 1.29 is 17.9 Å². The quantitative estimate of drug-likeness (QED) is 0.710. The van der Waals surface area contributed by atoms with E-state index in [1.54, 1.807) is 14.2 Å². The average Bonchev–Trinajstić information content (AvgIpc) is 2.61. The summed E-state index contributed by atoms with van der Waals surface area (Å²) in [6, 6.07) is 6.59. The van der Waals surface area contributed by atoms with Crippen molar-refractivity contribution in [2.24, 2.45) is 4.36 Å². The molecule has 0 radical (unpaired) electrons. The predicted octanol–water partition coefficient (Wildman–Crippen LogP) is 0.884. The van der Waals surface area contributed by atoms with Gasteiger partial charge in [0.1, 0.15) is 5.75 Å². The molecule has 26 heavy (non-hydrogen) atoms. The molecule has 1 aliphatic heterocycles. The van der Waals surface area contributed by atoms with E-state index in [0.717, 1.165) is 12.0 Å². The molecular weight excluding hydrogens is 376 g/mol. The molecule has 10 heteroatoms. The Kier molecular flexibility index (Phi) is 7.49. The van der Waals surface area contributed by atoms with Crippen molar-refractivity contribution in [2.75, 3.05) is 27.2 Å². The Morgan fingerprint density at radius 3 is 2.65 bits per heavy atom. The van der Waals surface area contributed by atoms with Gasteiger partial charge in [-0.3, -0.25) is 9.69 Å². The molecule has 1 amide bonds. The number of benzene rings is 1. The molecule has 1 aromatic carbocycles. The van der Waals surface area contributed by atoms with Crippen molar-refractivity contribution in [3.8, 4) is 5.75 Å². The molecule has 1 heterocycles. The van der Waals surface area contributed by atoms with Crippen molar-refractivity contribution >= 4 is 33.7 Å². The van der Waals surface area contributed by atoms with Crippen LogP contribution in [0.1, 0.15) is 24.4 Å². The highest BCUT2D eigenvalue weighted by Crippen LogP contribution is 2.34. The summed E-state index contributed by atoms with van der Waals surface area (Å²) < 4.78 is 31.3. The van der Waals surface area contributed by atoms with Crippen LogP contribution in [-0.4, -0.2) is 57.6 Å². The van der Waals surface area contributed by atoms with E-state index in [2.05, 4.69) is 15.0 Å². The Hall–Kier alpha value is -2.04. The van der Waals surface area contributed by atoms with Crippen molar-refractivity contribution in [3.63, 3.8) is 0 Å². The van der Waals surface area contributed by atoms with Crippen LogP contribution in [0.4, 0.5) is 0 Å². The number of ether oxygens (including phenoxy) is 1. The summed E-state index contributed by atoms with van der Waals surface area (Å²) in [6.07, 6.45) is 1.39. The van der Waals surface area contributed by atoms with Crippen LogP contribution in [0.25, 0.3) is 0 Å². The minimum Gasteiger partial charge on any atom is -0.497 e. The minimum atomic E-state index is -2.51. The SMILES string of the molecule is CNC(=S)NC(=O)CN1CCCC(N=S(=O)=O)C1c1ccc(OC)cc1. The third-order valence-electron chi connectivity index (χ3n) is 4.21. The molecule has 142 valence electrons. The number of carbonyl (C=O) groups is 1. The summed E-state index contributed by atoms with van der Waals surface area (Å²) >= 11 is 4.95. The van der Waals surface area contributed by atoms with Crippen LogP contribution in [0.2, 0.25) is 0 Å². The maximum Gasteiger partial charge on any atom is 0.311 e. The monoisotopic (exact) mass is 398 g/mol. The second-order valence-electron chi connectivity index (χ2n) is 5.85. The molecule has 0 bridgehead atoms. The van der Waals surface area contributed by atoms with Gasteiger partial charge in [0.05, 0.1) is 25.7 Å². The number of carbonyl (C=O) groups excluding carboxylic acids is 1. The molecule has 2 unspecified atom stereocenters. The maximum absolute atomic E-state index is 12.2. The number of piperidine rings is 1. The molecule has 0 aliphatic carbocycles. The van der Waals surface area contributed by atoms with Gasteiger partial charge >= 0.3 is 10.5 Å². The third kappa shape index (κ3) is 5.48. The van der Waals surface area contributed by atoms with Gasteiger partial charge in [-0.15, -0.1) is 0 Å². The normalized spacial score (nSPS) is 20.1. The molecule has 1 aromatic rings. The summed E-state index contributed by atoms with van der Waals surface area (Å²) in [5.74, 6) is 0.445. The largest absolute Gasteiger partial charge is 0.497 e. The summed E-state index contributed by atoms with van der Waals surface area (Å²) in [4.78, 5) is 14.2. The highest BCUT2D eigenvalue weighted by atomic mass is 32.2. The van der Waals surface area contributed by atoms with Crippen molar-refractivity contribution in [3.05, 3.63) is 29.8 Å². The van der Waals surface area contributed by atoms with Gasteiger partial charge in [-0.2, -0.15) is 12.8 Å². The first-order valence-electron chi connectivity index (χ1n) is 8.14. The van der Waals surface area contributed by atoms with Crippen molar-refractivity contribution in [1.82, 2.24) is 15.5 Å². The highest BCUT2D eigenvalue weighted by Gasteiger charge is 2.34. The van der Waals surface area contributed by atoms with Gasteiger partial charge in [-0.05, 0) is 49.3 Å². The van der Waals surface area contributed by atoms with Gasteiger partial charge in [-0.25, -0.2) is 0 Å². The van der Waals surface area contributed by atoms with E-state index in [0.29, 0.717) is 18.7 Å². The number of hydrogen-bond acceptors (Lipinski definition) is 7. The summed E-state index contributed by atoms with van der Waals surface area (Å²) in [6.45, 7) is 0.754. The Morgan fingerprint density at radius 1 is 1.38 bits per heavy atom. The lowest BCUT2D eigenvalue weighted by Crippen LogP contribution is -2.48. The second-order valence-corrected chi connectivity index (χ2v) is 6.90. The van der Waals surface area contributed by atoms with Crippen LogP contribution in [0.3, 0.4) is 0 Å². The van der Waals surface area contributed by atoms with E-state index in [-0.39, 0.29) is 23.6 Å². The van der Waals surface area contributed by atoms with E-state index in [1.165, 1.54) is 0 Å². The van der Waals surface area contributed by atoms with Gasteiger partial charge in [0.25, 0.3) is 0 Å². The van der Waals surface area contributed by atoms with E-state index < -0.39 is 16.5 Å². The second kappa shape index (κ2) is 9.60. The molecule has 0 saturated carbocycles. The molecule has 0 aromatic heterocycles.